The number of nitrogens with one attached hydrogen (secondary N) is 1. The Labute approximate surface area is 221 Å². The van der Waals surface area contributed by atoms with Crippen LogP contribution >= 0.6 is 23.2 Å². The number of esters is 1. The van der Waals surface area contributed by atoms with Gasteiger partial charge in [0.05, 0.1) is 32.8 Å². The van der Waals surface area contributed by atoms with Gasteiger partial charge in [-0.15, -0.1) is 0 Å². The number of amides is 1. The quantitative estimate of drug-likeness (QED) is 0.244. The molecule has 7 nitrogen and oxygen atoms in total. The Morgan fingerprint density at radius 3 is 2.28 bits per heavy atom. The predicted molar refractivity (Wildman–Crippen MR) is 142 cm³/mol. The zero-order chi connectivity index (χ0) is 26.3. The third-order valence-corrected chi connectivity index (χ3v) is 7.81. The third-order valence-electron chi connectivity index (χ3n) is 5.23. The maximum atomic E-state index is 13.5. The van der Waals surface area contributed by atoms with Crippen LogP contribution in [0.4, 0.5) is 11.4 Å². The molecule has 1 N–H and O–H groups in total. The molecule has 3 aromatic carbocycles. The van der Waals surface area contributed by atoms with Crippen molar-refractivity contribution in [3.63, 3.8) is 0 Å². The molecule has 0 aliphatic carbocycles. The van der Waals surface area contributed by atoms with Crippen LogP contribution < -0.4 is 9.62 Å². The Balaban J connectivity index is 1.83. The molecule has 0 aliphatic heterocycles. The van der Waals surface area contributed by atoms with Crippen LogP contribution in [0.3, 0.4) is 0 Å². The fourth-order valence-electron chi connectivity index (χ4n) is 3.24. The van der Waals surface area contributed by atoms with Crippen LogP contribution in [0.15, 0.2) is 71.6 Å². The summed E-state index contributed by atoms with van der Waals surface area (Å²) in [6.45, 7) is 3.62. The van der Waals surface area contributed by atoms with E-state index >= 15 is 0 Å². The first-order valence-corrected chi connectivity index (χ1v) is 13.4. The lowest BCUT2D eigenvalue weighted by molar-refractivity contribution is -0.114. The van der Waals surface area contributed by atoms with Gasteiger partial charge in [-0.2, -0.15) is 0 Å². The number of unbranched alkanes of at least 4 members (excludes halogenated alkanes) is 1. The topological polar surface area (TPSA) is 92.8 Å². The number of hydrogen-bond donors (Lipinski definition) is 1. The minimum Gasteiger partial charge on any atom is -0.462 e. The molecule has 0 spiro atoms. The molecule has 10 heteroatoms. The van der Waals surface area contributed by atoms with Crippen LogP contribution in [0, 0.1) is 6.92 Å². The molecule has 0 unspecified atom stereocenters. The van der Waals surface area contributed by atoms with Gasteiger partial charge in [0.2, 0.25) is 5.91 Å². The van der Waals surface area contributed by atoms with Gasteiger partial charge in [0, 0.05) is 5.69 Å². The normalized spacial score (nSPS) is 11.1. The van der Waals surface area contributed by atoms with E-state index < -0.39 is 28.4 Å². The summed E-state index contributed by atoms with van der Waals surface area (Å²) in [6.07, 6.45) is 1.69. The highest BCUT2D eigenvalue weighted by Gasteiger charge is 2.29. The molecule has 0 radical (unpaired) electrons. The summed E-state index contributed by atoms with van der Waals surface area (Å²) in [5.74, 6) is -1.06. The van der Waals surface area contributed by atoms with E-state index in [4.69, 9.17) is 27.9 Å². The van der Waals surface area contributed by atoms with Crippen molar-refractivity contribution in [3.8, 4) is 0 Å². The van der Waals surface area contributed by atoms with Crippen molar-refractivity contribution in [2.45, 2.75) is 31.6 Å². The van der Waals surface area contributed by atoms with Crippen molar-refractivity contribution >= 4 is 56.5 Å². The summed E-state index contributed by atoms with van der Waals surface area (Å²) < 4.78 is 33.1. The number of hydrogen-bond acceptors (Lipinski definition) is 5. The van der Waals surface area contributed by atoms with Crippen LogP contribution in [-0.2, 0) is 19.6 Å². The van der Waals surface area contributed by atoms with Crippen molar-refractivity contribution in [1.82, 2.24) is 0 Å². The Bertz CT molecular complexity index is 1330. The Morgan fingerprint density at radius 2 is 1.64 bits per heavy atom. The summed E-state index contributed by atoms with van der Waals surface area (Å²) >= 11 is 12.5. The van der Waals surface area contributed by atoms with Gasteiger partial charge >= 0.3 is 5.97 Å². The number of sulfonamides is 1. The lowest BCUT2D eigenvalue weighted by Gasteiger charge is -2.25. The minimum absolute atomic E-state index is 0.00267. The van der Waals surface area contributed by atoms with Gasteiger partial charge in [0.15, 0.2) is 0 Å². The van der Waals surface area contributed by atoms with Gasteiger partial charge in [0.25, 0.3) is 10.0 Å². The molecule has 3 rings (SSSR count). The van der Waals surface area contributed by atoms with E-state index in [0.29, 0.717) is 17.9 Å². The molecule has 0 saturated heterocycles. The van der Waals surface area contributed by atoms with Crippen LogP contribution in [0.2, 0.25) is 10.0 Å². The molecule has 0 fully saturated rings. The number of nitrogens with zero attached hydrogens (tertiary/aromatic N) is 1. The molecule has 0 heterocycles. The first-order chi connectivity index (χ1) is 17.1. The predicted octanol–water partition coefficient (Wildman–Crippen LogP) is 6.09. The summed E-state index contributed by atoms with van der Waals surface area (Å²) in [4.78, 5) is 25.0. The molecule has 0 bridgehead atoms. The van der Waals surface area contributed by atoms with Crippen LogP contribution in [0.1, 0.15) is 35.7 Å². The van der Waals surface area contributed by atoms with E-state index in [2.05, 4.69) is 5.32 Å². The van der Waals surface area contributed by atoms with Gasteiger partial charge in [-0.3, -0.25) is 9.10 Å². The molecule has 190 valence electrons. The molecular formula is C26H26Cl2N2O5S. The zero-order valence-corrected chi connectivity index (χ0v) is 22.2. The lowest BCUT2D eigenvalue weighted by atomic mass is 10.2. The molecule has 0 aliphatic rings. The van der Waals surface area contributed by atoms with Crippen molar-refractivity contribution in [2.24, 2.45) is 0 Å². The SMILES string of the molecule is CCCCOC(=O)c1ccc(NC(=O)CN(c2cccc(Cl)c2Cl)S(=O)(=O)c2ccc(C)cc2)cc1. The standard InChI is InChI=1S/C26H26Cl2N2O5S/c1-3-4-16-35-26(32)19-10-12-20(13-11-19)29-24(31)17-30(23-7-5-6-22(27)25(23)28)36(33,34)21-14-8-18(2)9-15-21/h5-15H,3-4,16-17H2,1-2H3,(H,29,31). The molecular weight excluding hydrogens is 523 g/mol. The summed E-state index contributed by atoms with van der Waals surface area (Å²) in [5, 5.41) is 2.81. The average Bonchev–Trinajstić information content (AvgIpc) is 2.85. The van der Waals surface area contributed by atoms with Gasteiger partial charge in [0.1, 0.15) is 6.54 Å². The number of aryl methyl sites for hydroxylation is 1. The maximum absolute atomic E-state index is 13.5. The number of rotatable bonds is 10. The van der Waals surface area contributed by atoms with Crippen LogP contribution in [0.25, 0.3) is 0 Å². The highest BCUT2D eigenvalue weighted by Crippen LogP contribution is 2.35. The molecule has 0 aromatic heterocycles. The smallest absolute Gasteiger partial charge is 0.338 e. The second-order valence-corrected chi connectivity index (χ2v) is 10.7. The molecule has 36 heavy (non-hydrogen) atoms. The lowest BCUT2D eigenvalue weighted by Crippen LogP contribution is -2.38. The van der Waals surface area contributed by atoms with E-state index in [1.807, 2.05) is 13.8 Å². The van der Waals surface area contributed by atoms with Crippen molar-refractivity contribution in [2.75, 3.05) is 22.8 Å². The Morgan fingerprint density at radius 1 is 0.972 bits per heavy atom. The summed E-state index contributed by atoms with van der Waals surface area (Å²) in [7, 11) is -4.16. The van der Waals surface area contributed by atoms with E-state index in [-0.39, 0.29) is 20.6 Å². The molecule has 0 atom stereocenters. The number of halogens is 2. The largest absolute Gasteiger partial charge is 0.462 e. The third kappa shape index (κ3) is 6.78. The molecule has 0 saturated carbocycles. The second-order valence-electron chi connectivity index (χ2n) is 8.01. The van der Waals surface area contributed by atoms with Crippen LogP contribution in [-0.4, -0.2) is 33.4 Å². The monoisotopic (exact) mass is 548 g/mol. The first kappa shape index (κ1) is 27.5. The highest BCUT2D eigenvalue weighted by atomic mass is 35.5. The van der Waals surface area contributed by atoms with Crippen molar-refractivity contribution < 1.29 is 22.7 Å². The van der Waals surface area contributed by atoms with Gasteiger partial charge in [-0.25, -0.2) is 13.2 Å². The van der Waals surface area contributed by atoms with E-state index in [0.717, 1.165) is 22.7 Å². The zero-order valence-electron chi connectivity index (χ0n) is 19.8. The van der Waals surface area contributed by atoms with Gasteiger partial charge in [-0.05, 0) is 61.9 Å². The van der Waals surface area contributed by atoms with Crippen molar-refractivity contribution in [1.29, 1.82) is 0 Å². The highest BCUT2D eigenvalue weighted by molar-refractivity contribution is 7.92. The Kier molecular flexibility index (Phi) is 9.37. The number of carbonyl (C=O) groups excluding carboxylic acids is 2. The number of ether oxygens (including phenoxy) is 1. The fraction of sp³-hybridized carbons (Fsp3) is 0.231. The average molecular weight is 549 g/mol. The maximum Gasteiger partial charge on any atom is 0.338 e. The minimum atomic E-state index is -4.16. The number of carbonyl (C=O) groups is 2. The first-order valence-electron chi connectivity index (χ1n) is 11.2. The molecule has 3 aromatic rings. The fourth-order valence-corrected chi connectivity index (χ4v) is 5.12. The molecule has 1 amide bonds. The summed E-state index contributed by atoms with van der Waals surface area (Å²) in [6, 6.07) is 17.0. The van der Waals surface area contributed by atoms with Crippen LogP contribution in [0.5, 0.6) is 0 Å². The Hall–Kier alpha value is -3.07. The van der Waals surface area contributed by atoms with Gasteiger partial charge < -0.3 is 10.1 Å². The van der Waals surface area contributed by atoms with Gasteiger partial charge in [-0.1, -0.05) is 60.3 Å². The van der Waals surface area contributed by atoms with E-state index in [1.54, 1.807) is 30.3 Å². The number of benzene rings is 3. The van der Waals surface area contributed by atoms with Crippen molar-refractivity contribution in [3.05, 3.63) is 87.9 Å². The van der Waals surface area contributed by atoms with E-state index in [9.17, 15) is 18.0 Å². The van der Waals surface area contributed by atoms with E-state index in [1.165, 1.54) is 36.4 Å². The summed E-state index contributed by atoms with van der Waals surface area (Å²) in [5.41, 5.74) is 1.69. The second kappa shape index (κ2) is 12.3. The number of anilines is 2.